The molecule has 0 aliphatic carbocycles. The lowest BCUT2D eigenvalue weighted by atomic mass is 10.1. The SMILES string of the molecule is COc1cccc(CN2C(=O)C3SC=CC3=[N+](Cc3nc(-c4cccc(C)c4)no3)C2=O)c1. The van der Waals surface area contributed by atoms with Gasteiger partial charge in [-0.25, -0.2) is 4.79 Å². The van der Waals surface area contributed by atoms with Crippen LogP contribution < -0.4 is 4.74 Å². The molecule has 1 unspecified atom stereocenters. The van der Waals surface area contributed by atoms with Crippen LogP contribution in [0, 0.1) is 6.92 Å². The number of thioether (sulfide) groups is 1. The quantitative estimate of drug-likeness (QED) is 0.516. The molecular weight excluding hydrogens is 440 g/mol. The molecule has 2 aromatic carbocycles. The van der Waals surface area contributed by atoms with Gasteiger partial charge in [0.15, 0.2) is 11.8 Å². The Morgan fingerprint density at radius 3 is 2.85 bits per heavy atom. The summed E-state index contributed by atoms with van der Waals surface area (Å²) in [5.74, 6) is 1.18. The van der Waals surface area contributed by atoms with E-state index in [4.69, 9.17) is 9.26 Å². The zero-order valence-corrected chi connectivity index (χ0v) is 18.9. The van der Waals surface area contributed by atoms with Gasteiger partial charge in [0.05, 0.1) is 7.11 Å². The number of hydrogen-bond acceptors (Lipinski definition) is 7. The second-order valence-electron chi connectivity index (χ2n) is 7.77. The number of methoxy groups -OCH3 is 1. The molecule has 0 radical (unpaired) electrons. The number of benzene rings is 2. The number of urea groups is 1. The first-order valence-electron chi connectivity index (χ1n) is 10.4. The average Bonchev–Trinajstić information content (AvgIpc) is 3.50. The van der Waals surface area contributed by atoms with Gasteiger partial charge in [-0.05, 0) is 42.2 Å². The minimum absolute atomic E-state index is 0.0796. The monoisotopic (exact) mass is 461 g/mol. The Hall–Kier alpha value is -3.72. The molecule has 2 aliphatic rings. The molecule has 1 aromatic heterocycles. The number of aryl methyl sites for hydroxylation is 1. The molecule has 1 atom stereocenters. The van der Waals surface area contributed by atoms with E-state index in [1.54, 1.807) is 13.2 Å². The summed E-state index contributed by atoms with van der Waals surface area (Å²) in [5.41, 5.74) is 3.36. The number of ether oxygens (including phenoxy) is 1. The van der Waals surface area contributed by atoms with Crippen LogP contribution in [0.5, 0.6) is 5.75 Å². The highest BCUT2D eigenvalue weighted by molar-refractivity contribution is 8.04. The van der Waals surface area contributed by atoms with Gasteiger partial charge in [0, 0.05) is 5.56 Å². The molecule has 0 spiro atoms. The van der Waals surface area contributed by atoms with Crippen LogP contribution in [-0.2, 0) is 17.9 Å². The van der Waals surface area contributed by atoms with E-state index in [0.717, 1.165) is 16.7 Å². The number of aromatic nitrogens is 2. The predicted molar refractivity (Wildman–Crippen MR) is 123 cm³/mol. The van der Waals surface area contributed by atoms with Gasteiger partial charge in [-0.3, -0.25) is 0 Å². The fourth-order valence-electron chi connectivity index (χ4n) is 3.87. The van der Waals surface area contributed by atoms with Crippen LogP contribution in [0.2, 0.25) is 0 Å². The Balaban J connectivity index is 1.43. The van der Waals surface area contributed by atoms with Crippen molar-refractivity contribution in [1.29, 1.82) is 0 Å². The van der Waals surface area contributed by atoms with Crippen LogP contribution in [-0.4, -0.2) is 49.6 Å². The van der Waals surface area contributed by atoms with E-state index in [0.29, 0.717) is 23.2 Å². The van der Waals surface area contributed by atoms with Crippen LogP contribution in [0.4, 0.5) is 4.79 Å². The third-order valence-corrected chi connectivity index (χ3v) is 6.51. The number of nitrogens with zero attached hydrogens (tertiary/aromatic N) is 4. The highest BCUT2D eigenvalue weighted by Crippen LogP contribution is 2.29. The highest BCUT2D eigenvalue weighted by atomic mass is 32.2. The lowest BCUT2D eigenvalue weighted by Crippen LogP contribution is -2.54. The maximum atomic E-state index is 13.4. The largest absolute Gasteiger partial charge is 0.501 e. The summed E-state index contributed by atoms with van der Waals surface area (Å²) in [5, 5.41) is 5.43. The normalized spacial score (nSPS) is 17.6. The molecule has 0 bridgehead atoms. The molecule has 3 aromatic rings. The second-order valence-corrected chi connectivity index (χ2v) is 8.79. The van der Waals surface area contributed by atoms with Crippen molar-refractivity contribution in [1.82, 2.24) is 15.0 Å². The van der Waals surface area contributed by atoms with Gasteiger partial charge in [-0.15, -0.1) is 11.8 Å². The molecule has 2 aliphatic heterocycles. The average molecular weight is 462 g/mol. The third-order valence-electron chi connectivity index (χ3n) is 5.50. The van der Waals surface area contributed by atoms with Crippen molar-refractivity contribution < 1.29 is 23.4 Å². The molecule has 3 amide bonds. The van der Waals surface area contributed by atoms with Gasteiger partial charge in [0.1, 0.15) is 18.0 Å². The molecule has 8 nitrogen and oxygen atoms in total. The highest BCUT2D eigenvalue weighted by Gasteiger charge is 2.49. The fraction of sp³-hybridized carbons (Fsp3) is 0.208. The fourth-order valence-corrected chi connectivity index (χ4v) is 4.83. The number of carbonyl (C=O) groups excluding carboxylic acids is 2. The Labute approximate surface area is 194 Å². The molecule has 166 valence electrons. The van der Waals surface area contributed by atoms with Crippen molar-refractivity contribution in [2.24, 2.45) is 0 Å². The van der Waals surface area contributed by atoms with Crippen molar-refractivity contribution in [3.8, 4) is 17.1 Å². The molecule has 5 rings (SSSR count). The first-order valence-corrected chi connectivity index (χ1v) is 11.3. The van der Waals surface area contributed by atoms with E-state index in [2.05, 4.69) is 10.1 Å². The van der Waals surface area contributed by atoms with Crippen molar-refractivity contribution in [3.63, 3.8) is 0 Å². The van der Waals surface area contributed by atoms with Crippen LogP contribution in [0.25, 0.3) is 11.4 Å². The summed E-state index contributed by atoms with van der Waals surface area (Å²) in [6.45, 7) is 2.22. The van der Waals surface area contributed by atoms with Crippen LogP contribution in [0.1, 0.15) is 17.0 Å². The summed E-state index contributed by atoms with van der Waals surface area (Å²) >= 11 is 1.38. The number of rotatable bonds is 6. The second kappa shape index (κ2) is 8.67. The Morgan fingerprint density at radius 1 is 1.18 bits per heavy atom. The van der Waals surface area contributed by atoms with Gasteiger partial charge >= 0.3 is 11.9 Å². The summed E-state index contributed by atoms with van der Waals surface area (Å²) in [6, 6.07) is 14.7. The maximum Gasteiger partial charge on any atom is 0.501 e. The lowest BCUT2D eigenvalue weighted by molar-refractivity contribution is -0.458. The molecule has 3 heterocycles. The van der Waals surface area contributed by atoms with E-state index in [-0.39, 0.29) is 19.0 Å². The first-order chi connectivity index (χ1) is 16.0. The van der Waals surface area contributed by atoms with Gasteiger partial charge < -0.3 is 9.26 Å². The number of fused-ring (bicyclic) bond motifs is 1. The van der Waals surface area contributed by atoms with Crippen LogP contribution in [0.3, 0.4) is 0 Å². The smallest absolute Gasteiger partial charge is 0.497 e. The number of amides is 3. The summed E-state index contributed by atoms with van der Waals surface area (Å²) in [6.07, 6.45) is 1.80. The van der Waals surface area contributed by atoms with Gasteiger partial charge in [0.25, 0.3) is 5.89 Å². The van der Waals surface area contributed by atoms with Gasteiger partial charge in [-0.2, -0.15) is 19.3 Å². The van der Waals surface area contributed by atoms with E-state index in [9.17, 15) is 9.59 Å². The van der Waals surface area contributed by atoms with Crippen molar-refractivity contribution in [3.05, 3.63) is 77.0 Å². The predicted octanol–water partition coefficient (Wildman–Crippen LogP) is 3.80. The van der Waals surface area contributed by atoms with Gasteiger partial charge in [-0.1, -0.05) is 41.1 Å². The Bertz CT molecular complexity index is 1310. The van der Waals surface area contributed by atoms with Crippen LogP contribution >= 0.6 is 11.8 Å². The van der Waals surface area contributed by atoms with E-state index in [1.165, 1.54) is 21.2 Å². The molecule has 33 heavy (non-hydrogen) atoms. The lowest BCUT2D eigenvalue weighted by Gasteiger charge is -2.23. The van der Waals surface area contributed by atoms with E-state index in [1.807, 2.05) is 60.9 Å². The standard InChI is InChI=1S/C24H21N4O4S/c1-15-5-3-7-17(11-15)22-25-20(32-26-22)14-27-19-9-10-33-21(19)23(29)28(24(27)30)13-16-6-4-8-18(12-16)31-2/h3-12,21H,13-14H2,1-2H3/q+1. The number of hydrogen-bond donors (Lipinski definition) is 0. The molecule has 9 heteroatoms. The molecular formula is C24H21N4O4S+. The topological polar surface area (TPSA) is 88.5 Å². The number of allylic oxidation sites excluding steroid dienone is 1. The van der Waals surface area contributed by atoms with Gasteiger partial charge in [0.2, 0.25) is 5.82 Å². The zero-order chi connectivity index (χ0) is 22.9. The number of carbonyl (C=O) groups is 2. The van der Waals surface area contributed by atoms with Crippen LogP contribution in [0.15, 0.2) is 64.5 Å². The Morgan fingerprint density at radius 2 is 2.03 bits per heavy atom. The maximum absolute atomic E-state index is 13.4. The Kier molecular flexibility index (Phi) is 5.55. The molecule has 0 fully saturated rings. The minimum Gasteiger partial charge on any atom is -0.497 e. The molecule has 0 saturated carbocycles. The summed E-state index contributed by atoms with van der Waals surface area (Å²) in [7, 11) is 1.58. The molecule has 0 N–H and O–H groups in total. The summed E-state index contributed by atoms with van der Waals surface area (Å²) < 4.78 is 12.3. The third kappa shape index (κ3) is 4.07. The minimum atomic E-state index is -0.479. The number of imide groups is 1. The first kappa shape index (κ1) is 21.1. The van der Waals surface area contributed by atoms with Crippen molar-refractivity contribution in [2.45, 2.75) is 25.3 Å². The summed E-state index contributed by atoms with van der Waals surface area (Å²) in [4.78, 5) is 32.3. The zero-order valence-electron chi connectivity index (χ0n) is 18.1. The van der Waals surface area contributed by atoms with Crippen molar-refractivity contribution >= 4 is 29.4 Å². The van der Waals surface area contributed by atoms with Crippen molar-refractivity contribution in [2.75, 3.05) is 7.11 Å². The van der Waals surface area contributed by atoms with E-state index < -0.39 is 11.3 Å². The molecule has 0 saturated heterocycles. The van der Waals surface area contributed by atoms with E-state index >= 15 is 0 Å².